The zero-order valence-electron chi connectivity index (χ0n) is 10.2. The molecule has 0 aliphatic carbocycles. The first-order valence-corrected chi connectivity index (χ1v) is 6.28. The molecule has 0 amide bonds. The van der Waals surface area contributed by atoms with Crippen molar-refractivity contribution in [1.82, 2.24) is 9.38 Å². The lowest BCUT2D eigenvalue weighted by atomic mass is 10.1. The van der Waals surface area contributed by atoms with Gasteiger partial charge in [-0.2, -0.15) is 4.98 Å². The van der Waals surface area contributed by atoms with E-state index in [2.05, 4.69) is 11.9 Å². The van der Waals surface area contributed by atoms with Crippen molar-refractivity contribution in [3.8, 4) is 0 Å². The van der Waals surface area contributed by atoms with Gasteiger partial charge in [0.05, 0.1) is 0 Å². The fourth-order valence-corrected chi connectivity index (χ4v) is 1.96. The Hall–Kier alpha value is -1.64. The van der Waals surface area contributed by atoms with Gasteiger partial charge in [-0.3, -0.25) is 4.79 Å². The maximum atomic E-state index is 11.8. The minimum Gasteiger partial charge on any atom is -0.308 e. The predicted octanol–water partition coefficient (Wildman–Crippen LogP) is 2.82. The molecule has 0 radical (unpaired) electrons. The highest BCUT2D eigenvalue weighted by molar-refractivity contribution is 5.37. The largest absolute Gasteiger partial charge is 0.308 e. The van der Waals surface area contributed by atoms with Crippen LogP contribution in [0.1, 0.15) is 38.2 Å². The maximum Gasteiger partial charge on any atom is 0.276 e. The zero-order valence-corrected chi connectivity index (χ0v) is 10.2. The number of fused-ring (bicyclic) bond motifs is 1. The van der Waals surface area contributed by atoms with Crippen LogP contribution in [0.25, 0.3) is 5.65 Å². The van der Waals surface area contributed by atoms with E-state index < -0.39 is 0 Å². The van der Waals surface area contributed by atoms with E-state index in [1.807, 2.05) is 35.0 Å². The van der Waals surface area contributed by atoms with Gasteiger partial charge in [0, 0.05) is 18.0 Å². The third kappa shape index (κ3) is 2.93. The quantitative estimate of drug-likeness (QED) is 0.740. The Morgan fingerprint density at radius 2 is 2.12 bits per heavy atom. The van der Waals surface area contributed by atoms with E-state index in [4.69, 9.17) is 0 Å². The second-order valence-electron chi connectivity index (χ2n) is 4.35. The van der Waals surface area contributed by atoms with Gasteiger partial charge in [-0.1, -0.05) is 32.3 Å². The van der Waals surface area contributed by atoms with Gasteiger partial charge in [0.25, 0.3) is 5.56 Å². The van der Waals surface area contributed by atoms with Gasteiger partial charge in [0.1, 0.15) is 5.65 Å². The van der Waals surface area contributed by atoms with E-state index in [9.17, 15) is 4.79 Å². The van der Waals surface area contributed by atoms with Gasteiger partial charge in [0.15, 0.2) is 0 Å². The summed E-state index contributed by atoms with van der Waals surface area (Å²) in [7, 11) is 0. The van der Waals surface area contributed by atoms with Crippen molar-refractivity contribution >= 4 is 5.65 Å². The van der Waals surface area contributed by atoms with Crippen molar-refractivity contribution in [3.63, 3.8) is 0 Å². The molecule has 0 N–H and O–H groups in total. The average molecular weight is 230 g/mol. The molecule has 0 saturated heterocycles. The fraction of sp³-hybridized carbons (Fsp3) is 0.429. The molecule has 0 aliphatic heterocycles. The third-order valence-corrected chi connectivity index (χ3v) is 2.95. The van der Waals surface area contributed by atoms with E-state index >= 15 is 0 Å². The first-order chi connectivity index (χ1) is 8.31. The molecular formula is C14H18N2O. The molecule has 0 aromatic carbocycles. The van der Waals surface area contributed by atoms with Crippen molar-refractivity contribution in [1.29, 1.82) is 0 Å². The maximum absolute atomic E-state index is 11.8. The lowest BCUT2D eigenvalue weighted by molar-refractivity contribution is 0.662. The molecule has 3 nitrogen and oxygen atoms in total. The summed E-state index contributed by atoms with van der Waals surface area (Å²) in [6.45, 7) is 2.19. The molecular weight excluding hydrogens is 212 g/mol. The van der Waals surface area contributed by atoms with Crippen molar-refractivity contribution in [2.24, 2.45) is 0 Å². The lowest BCUT2D eigenvalue weighted by Gasteiger charge is -2.03. The Kier molecular flexibility index (Phi) is 3.91. The number of aromatic nitrogens is 2. The van der Waals surface area contributed by atoms with Crippen LogP contribution in [0.2, 0.25) is 0 Å². The van der Waals surface area contributed by atoms with Crippen molar-refractivity contribution in [2.75, 3.05) is 0 Å². The normalized spacial score (nSPS) is 10.9. The summed E-state index contributed by atoms with van der Waals surface area (Å²) in [6.07, 6.45) is 9.39. The van der Waals surface area contributed by atoms with Crippen LogP contribution in [0, 0.1) is 0 Å². The molecule has 0 saturated carbocycles. The van der Waals surface area contributed by atoms with E-state index in [-0.39, 0.29) is 5.56 Å². The second kappa shape index (κ2) is 5.62. The summed E-state index contributed by atoms with van der Waals surface area (Å²) in [5, 5.41) is 0. The Bertz CT molecular complexity index is 545. The van der Waals surface area contributed by atoms with Gasteiger partial charge in [-0.05, 0) is 25.0 Å². The molecule has 0 aliphatic rings. The molecule has 2 rings (SSSR count). The van der Waals surface area contributed by atoms with Gasteiger partial charge in [-0.15, -0.1) is 0 Å². The number of nitrogens with zero attached hydrogens (tertiary/aromatic N) is 2. The molecule has 17 heavy (non-hydrogen) atoms. The van der Waals surface area contributed by atoms with E-state index in [1.54, 1.807) is 0 Å². The molecule has 0 spiro atoms. The smallest absolute Gasteiger partial charge is 0.276 e. The van der Waals surface area contributed by atoms with Crippen LogP contribution in [0.4, 0.5) is 0 Å². The van der Waals surface area contributed by atoms with Crippen LogP contribution in [0.5, 0.6) is 0 Å². The summed E-state index contributed by atoms with van der Waals surface area (Å²) in [4.78, 5) is 15.9. The molecule has 90 valence electrons. The van der Waals surface area contributed by atoms with Crippen LogP contribution >= 0.6 is 0 Å². The van der Waals surface area contributed by atoms with Crippen LogP contribution in [-0.2, 0) is 6.42 Å². The van der Waals surface area contributed by atoms with Crippen molar-refractivity contribution < 1.29 is 0 Å². The van der Waals surface area contributed by atoms with E-state index in [0.29, 0.717) is 0 Å². The first kappa shape index (κ1) is 11.8. The number of aryl methyl sites for hydroxylation is 1. The number of pyridine rings is 1. The first-order valence-electron chi connectivity index (χ1n) is 6.28. The highest BCUT2D eigenvalue weighted by Gasteiger charge is 2.02. The predicted molar refractivity (Wildman–Crippen MR) is 69.3 cm³/mol. The Balaban J connectivity index is 2.17. The van der Waals surface area contributed by atoms with Gasteiger partial charge in [0.2, 0.25) is 0 Å². The van der Waals surface area contributed by atoms with Gasteiger partial charge >= 0.3 is 0 Å². The zero-order chi connectivity index (χ0) is 12.1. The van der Waals surface area contributed by atoms with Crippen LogP contribution < -0.4 is 5.56 Å². The molecule has 2 aromatic rings. The summed E-state index contributed by atoms with van der Waals surface area (Å²) in [5.41, 5.74) is 1.47. The Morgan fingerprint density at radius 3 is 2.94 bits per heavy atom. The number of rotatable bonds is 5. The molecule has 0 atom stereocenters. The standard InChI is InChI=1S/C14H18N2O/c1-2-3-4-5-8-12-11-16-10-7-6-9-13(16)15-14(12)17/h6-7,9-11H,2-5,8H2,1H3. The van der Waals surface area contributed by atoms with Crippen molar-refractivity contribution in [2.45, 2.75) is 39.0 Å². The monoisotopic (exact) mass is 230 g/mol. The number of unbranched alkanes of at least 4 members (excludes halogenated alkanes) is 3. The van der Waals surface area contributed by atoms with E-state index in [0.717, 1.165) is 24.1 Å². The molecule has 0 bridgehead atoms. The average Bonchev–Trinajstić information content (AvgIpc) is 2.35. The Labute approximate surface area is 101 Å². The van der Waals surface area contributed by atoms with Gasteiger partial charge < -0.3 is 4.40 Å². The topological polar surface area (TPSA) is 34.4 Å². The molecule has 2 aromatic heterocycles. The third-order valence-electron chi connectivity index (χ3n) is 2.95. The molecule has 0 fully saturated rings. The highest BCUT2D eigenvalue weighted by atomic mass is 16.1. The SMILES string of the molecule is CCCCCCc1cn2ccccc2nc1=O. The minimum atomic E-state index is -0.0762. The second-order valence-corrected chi connectivity index (χ2v) is 4.35. The molecule has 2 heterocycles. The Morgan fingerprint density at radius 1 is 1.24 bits per heavy atom. The highest BCUT2D eigenvalue weighted by Crippen LogP contribution is 2.05. The number of hydrogen-bond acceptors (Lipinski definition) is 2. The summed E-state index contributed by atoms with van der Waals surface area (Å²) in [6, 6.07) is 5.69. The summed E-state index contributed by atoms with van der Waals surface area (Å²) < 4.78 is 1.91. The summed E-state index contributed by atoms with van der Waals surface area (Å²) in [5.74, 6) is 0. The molecule has 3 heteroatoms. The lowest BCUT2D eigenvalue weighted by Crippen LogP contribution is -2.15. The van der Waals surface area contributed by atoms with Crippen molar-refractivity contribution in [3.05, 3.63) is 46.5 Å². The fourth-order valence-electron chi connectivity index (χ4n) is 1.96. The molecule has 0 unspecified atom stereocenters. The van der Waals surface area contributed by atoms with Crippen LogP contribution in [0.15, 0.2) is 35.4 Å². The van der Waals surface area contributed by atoms with Gasteiger partial charge in [-0.25, -0.2) is 0 Å². The number of hydrogen-bond donors (Lipinski definition) is 0. The van der Waals surface area contributed by atoms with Crippen LogP contribution in [0.3, 0.4) is 0 Å². The summed E-state index contributed by atoms with van der Waals surface area (Å²) >= 11 is 0. The van der Waals surface area contributed by atoms with Crippen LogP contribution in [-0.4, -0.2) is 9.38 Å². The minimum absolute atomic E-state index is 0.0762. The van der Waals surface area contributed by atoms with E-state index in [1.165, 1.54) is 19.3 Å².